The summed E-state index contributed by atoms with van der Waals surface area (Å²) in [6, 6.07) is 15.7. The lowest BCUT2D eigenvalue weighted by molar-refractivity contribution is -0.151. The van der Waals surface area contributed by atoms with Gasteiger partial charge in [0, 0.05) is 35.3 Å². The van der Waals surface area contributed by atoms with Crippen LogP contribution in [0.3, 0.4) is 0 Å². The summed E-state index contributed by atoms with van der Waals surface area (Å²) in [4.78, 5) is 35.9. The predicted molar refractivity (Wildman–Crippen MR) is 120 cm³/mol. The third-order valence-corrected chi connectivity index (χ3v) is 6.31. The van der Waals surface area contributed by atoms with Gasteiger partial charge >= 0.3 is 5.97 Å². The molecule has 1 aromatic carbocycles. The molecule has 0 saturated heterocycles. The summed E-state index contributed by atoms with van der Waals surface area (Å²) in [6.07, 6.45) is 3.33. The van der Waals surface area contributed by atoms with E-state index < -0.39 is 11.8 Å². The molecule has 160 valence electrons. The Labute approximate surface area is 183 Å². The molecule has 0 N–H and O–H groups in total. The highest BCUT2D eigenvalue weighted by molar-refractivity contribution is 6.09. The number of ketones is 1. The topological polar surface area (TPSA) is 68.6 Å². The molecule has 2 aliphatic rings. The number of esters is 1. The van der Waals surface area contributed by atoms with Gasteiger partial charge in [0.2, 0.25) is 0 Å². The molecule has 0 bridgehead atoms. The molecule has 5 heteroatoms. The van der Waals surface area contributed by atoms with Crippen LogP contribution >= 0.6 is 0 Å². The van der Waals surface area contributed by atoms with Gasteiger partial charge < -0.3 is 4.74 Å². The number of benzene rings is 1. The molecule has 0 amide bonds. The van der Waals surface area contributed by atoms with Gasteiger partial charge in [-0.15, -0.1) is 0 Å². The van der Waals surface area contributed by atoms with Crippen molar-refractivity contribution in [3.8, 4) is 0 Å². The van der Waals surface area contributed by atoms with E-state index in [2.05, 4.69) is 17.1 Å². The number of Topliss-reactive ketones (excluding diaryl/α,β-unsaturated/α-hetero) is 1. The average molecular weight is 417 g/mol. The van der Waals surface area contributed by atoms with Gasteiger partial charge in [-0.25, -0.2) is 0 Å². The molecule has 0 fully saturated rings. The Balaban J connectivity index is 1.76. The lowest BCUT2D eigenvalue weighted by Crippen LogP contribution is -2.39. The monoisotopic (exact) mass is 416 g/mol. The Bertz CT molecular complexity index is 1030. The number of nitrogens with zero attached hydrogens (tertiary/aromatic N) is 2. The molecule has 4 rings (SSSR count). The number of rotatable bonds is 5. The molecule has 0 spiro atoms. The van der Waals surface area contributed by atoms with Crippen LogP contribution in [0.1, 0.15) is 63.1 Å². The lowest BCUT2D eigenvalue weighted by Gasteiger charge is -2.36. The fraction of sp³-hybridized carbons (Fsp3) is 0.385. The average Bonchev–Trinajstić information content (AvgIpc) is 2.79. The fourth-order valence-electron chi connectivity index (χ4n) is 4.56. The Kier molecular flexibility index (Phi) is 6.12. The number of pyridine rings is 1. The predicted octanol–water partition coefficient (Wildman–Crippen LogP) is 5.00. The number of hydrogen-bond acceptors (Lipinski definition) is 5. The van der Waals surface area contributed by atoms with Crippen LogP contribution in [0.2, 0.25) is 0 Å². The maximum Gasteiger partial charge on any atom is 0.315 e. The van der Waals surface area contributed by atoms with E-state index >= 15 is 0 Å². The summed E-state index contributed by atoms with van der Waals surface area (Å²) < 4.78 is 5.69. The number of carbonyl (C=O) groups is 2. The number of carbonyl (C=O) groups excluding carboxylic acids is 2. The minimum Gasteiger partial charge on any atom is -0.462 e. The van der Waals surface area contributed by atoms with Crippen molar-refractivity contribution in [2.75, 3.05) is 0 Å². The second kappa shape index (κ2) is 8.96. The van der Waals surface area contributed by atoms with Crippen LogP contribution in [0, 0.1) is 5.92 Å². The second-order valence-electron chi connectivity index (χ2n) is 8.42. The van der Waals surface area contributed by atoms with Crippen LogP contribution < -0.4 is 0 Å². The van der Waals surface area contributed by atoms with E-state index in [0.717, 1.165) is 17.7 Å². The molecule has 5 nitrogen and oxygen atoms in total. The number of aliphatic imine (C=N–C) groups is 1. The van der Waals surface area contributed by atoms with Crippen LogP contribution in [0.15, 0.2) is 71.0 Å². The summed E-state index contributed by atoms with van der Waals surface area (Å²) in [5, 5.41) is 0. The molecule has 2 aromatic rings. The molecular weight excluding hydrogens is 388 g/mol. The zero-order valence-corrected chi connectivity index (χ0v) is 18.2. The Hall–Kier alpha value is -3.08. The van der Waals surface area contributed by atoms with Gasteiger partial charge in [-0.1, -0.05) is 43.3 Å². The summed E-state index contributed by atoms with van der Waals surface area (Å²) in [5.74, 6) is -1.30. The fourth-order valence-corrected chi connectivity index (χ4v) is 4.56. The minimum absolute atomic E-state index is 0.0448. The third-order valence-electron chi connectivity index (χ3n) is 6.31. The van der Waals surface area contributed by atoms with E-state index in [1.54, 1.807) is 6.20 Å². The SMILES string of the molecule is CC[C@@H](C)OC(=O)C1C(C)=NC2=C(C(=O)C[C@H](c3ccccc3)C2)[C@@H]1c1ccccn1. The van der Waals surface area contributed by atoms with Crippen LogP contribution in [-0.2, 0) is 14.3 Å². The van der Waals surface area contributed by atoms with E-state index in [9.17, 15) is 9.59 Å². The summed E-state index contributed by atoms with van der Waals surface area (Å²) in [7, 11) is 0. The standard InChI is InChI=1S/C26H28N2O3/c1-4-16(2)31-26(30)23-17(3)28-21-14-19(18-10-6-5-7-11-18)15-22(29)24(21)25(23)20-12-8-9-13-27-20/h5-13,16,19,23,25H,4,14-15H2,1-3H3/t16-,19-,23?,25-/m1/s1. The van der Waals surface area contributed by atoms with Crippen molar-refractivity contribution in [3.63, 3.8) is 0 Å². The number of ether oxygens (including phenoxy) is 1. The van der Waals surface area contributed by atoms with Crippen molar-refractivity contribution in [2.45, 2.75) is 58.0 Å². The maximum absolute atomic E-state index is 13.4. The number of hydrogen-bond donors (Lipinski definition) is 0. The second-order valence-corrected chi connectivity index (χ2v) is 8.42. The molecule has 1 unspecified atom stereocenters. The molecule has 4 atom stereocenters. The highest BCUT2D eigenvalue weighted by Gasteiger charge is 2.45. The third kappa shape index (κ3) is 4.22. The molecule has 1 aliphatic carbocycles. The summed E-state index contributed by atoms with van der Waals surface area (Å²) >= 11 is 0. The van der Waals surface area contributed by atoms with E-state index in [0.29, 0.717) is 29.8 Å². The van der Waals surface area contributed by atoms with Crippen molar-refractivity contribution < 1.29 is 14.3 Å². The van der Waals surface area contributed by atoms with E-state index in [-0.39, 0.29) is 23.8 Å². The Morgan fingerprint density at radius 3 is 2.55 bits per heavy atom. The van der Waals surface area contributed by atoms with Crippen LogP contribution in [0.4, 0.5) is 0 Å². The van der Waals surface area contributed by atoms with Gasteiger partial charge in [-0.3, -0.25) is 19.6 Å². The van der Waals surface area contributed by atoms with E-state index in [1.807, 2.05) is 57.2 Å². The quantitative estimate of drug-likeness (QED) is 0.644. The first-order valence-electron chi connectivity index (χ1n) is 11.0. The van der Waals surface area contributed by atoms with E-state index in [1.165, 1.54) is 0 Å². The van der Waals surface area contributed by atoms with Gasteiger partial charge in [0.05, 0.1) is 12.0 Å². The zero-order chi connectivity index (χ0) is 22.0. The Morgan fingerprint density at radius 1 is 1.13 bits per heavy atom. The number of aromatic nitrogens is 1. The molecule has 0 saturated carbocycles. The first-order chi connectivity index (χ1) is 15.0. The summed E-state index contributed by atoms with van der Waals surface area (Å²) in [6.45, 7) is 5.72. The van der Waals surface area contributed by atoms with Crippen molar-refractivity contribution in [3.05, 3.63) is 77.3 Å². The highest BCUT2D eigenvalue weighted by atomic mass is 16.5. The largest absolute Gasteiger partial charge is 0.462 e. The zero-order valence-electron chi connectivity index (χ0n) is 18.2. The lowest BCUT2D eigenvalue weighted by atomic mass is 9.70. The van der Waals surface area contributed by atoms with Gasteiger partial charge in [0.1, 0.15) is 5.92 Å². The molecule has 0 radical (unpaired) electrons. The molecule has 1 aromatic heterocycles. The van der Waals surface area contributed by atoms with Crippen LogP contribution in [-0.4, -0.2) is 28.6 Å². The summed E-state index contributed by atoms with van der Waals surface area (Å²) in [5.41, 5.74) is 3.95. The van der Waals surface area contributed by atoms with Crippen molar-refractivity contribution in [2.24, 2.45) is 10.9 Å². The van der Waals surface area contributed by atoms with Gasteiger partial charge in [-0.05, 0) is 50.3 Å². The maximum atomic E-state index is 13.4. The Morgan fingerprint density at radius 2 is 1.87 bits per heavy atom. The molecule has 2 heterocycles. The first kappa shape index (κ1) is 21.2. The minimum atomic E-state index is -0.639. The molecular formula is C26H28N2O3. The van der Waals surface area contributed by atoms with Crippen LogP contribution in [0.5, 0.6) is 0 Å². The smallest absolute Gasteiger partial charge is 0.315 e. The first-order valence-corrected chi connectivity index (χ1v) is 11.0. The highest BCUT2D eigenvalue weighted by Crippen LogP contribution is 2.46. The number of allylic oxidation sites excluding steroid dienone is 2. The molecule has 1 aliphatic heterocycles. The normalized spacial score (nSPS) is 24.3. The van der Waals surface area contributed by atoms with Crippen molar-refractivity contribution in [1.82, 2.24) is 4.98 Å². The molecule has 31 heavy (non-hydrogen) atoms. The van der Waals surface area contributed by atoms with Crippen molar-refractivity contribution in [1.29, 1.82) is 0 Å². The van der Waals surface area contributed by atoms with Crippen LogP contribution in [0.25, 0.3) is 0 Å². The van der Waals surface area contributed by atoms with Gasteiger partial charge in [0.25, 0.3) is 0 Å². The van der Waals surface area contributed by atoms with E-state index in [4.69, 9.17) is 9.73 Å². The van der Waals surface area contributed by atoms with Crippen molar-refractivity contribution >= 4 is 17.5 Å². The van der Waals surface area contributed by atoms with Gasteiger partial charge in [0.15, 0.2) is 5.78 Å². The van der Waals surface area contributed by atoms with Gasteiger partial charge in [-0.2, -0.15) is 0 Å².